The Balaban J connectivity index is 4.39. The first-order chi connectivity index (χ1) is 45.8. The van der Waals surface area contributed by atoms with Crippen LogP contribution in [0.1, 0.15) is 154 Å². The van der Waals surface area contributed by atoms with Gasteiger partial charge in [0.15, 0.2) is 0 Å². The number of nitrogens with one attached hydrogen (secondary N) is 6. The van der Waals surface area contributed by atoms with Crippen molar-refractivity contribution in [1.29, 1.82) is 0 Å². The van der Waals surface area contributed by atoms with Gasteiger partial charge in [-0.25, -0.2) is 0 Å². The molecule has 0 unspecified atom stereocenters. The van der Waals surface area contributed by atoms with Crippen LogP contribution in [0.4, 0.5) is 0 Å². The number of carbonyl (C=O) groups is 9. The molecule has 0 saturated heterocycles. The second kappa shape index (κ2) is 70.5. The van der Waals surface area contributed by atoms with Crippen LogP contribution in [0, 0.1) is 5.92 Å². The van der Waals surface area contributed by atoms with E-state index in [4.69, 9.17) is 72.2 Å². The van der Waals surface area contributed by atoms with Crippen molar-refractivity contribution in [3.63, 3.8) is 0 Å². The third kappa shape index (κ3) is 72.6. The van der Waals surface area contributed by atoms with E-state index in [2.05, 4.69) is 31.9 Å². The van der Waals surface area contributed by atoms with Crippen LogP contribution >= 0.6 is 0 Å². The van der Waals surface area contributed by atoms with E-state index in [-0.39, 0.29) is 139 Å². The number of hydrogen-bond acceptors (Lipinski definition) is 21. The summed E-state index contributed by atoms with van der Waals surface area (Å²) in [5, 5.41) is 43.1. The van der Waals surface area contributed by atoms with Crippen molar-refractivity contribution >= 4 is 53.4 Å². The molecule has 0 aliphatic heterocycles. The summed E-state index contributed by atoms with van der Waals surface area (Å²) < 4.78 is 65.5. The fraction of sp³-hybridized carbons (Fsp3) is 0.859. The van der Waals surface area contributed by atoms with Gasteiger partial charge in [0, 0.05) is 83.7 Å². The molecule has 0 aromatic rings. The van der Waals surface area contributed by atoms with Crippen molar-refractivity contribution < 1.29 is 115 Å². The molecule has 30 nitrogen and oxygen atoms in total. The number of carboxylic acids is 3. The summed E-state index contributed by atoms with van der Waals surface area (Å²) in [7, 11) is 0. The Labute approximate surface area is 556 Å². The lowest BCUT2D eigenvalue weighted by Gasteiger charge is -2.18. The van der Waals surface area contributed by atoms with Crippen molar-refractivity contribution in [2.24, 2.45) is 5.92 Å². The van der Waals surface area contributed by atoms with Crippen LogP contribution in [-0.4, -0.2) is 267 Å². The maximum atomic E-state index is 12.6. The average molecular weight is 1360 g/mol. The van der Waals surface area contributed by atoms with Crippen LogP contribution in [0.25, 0.3) is 0 Å². The van der Waals surface area contributed by atoms with Crippen LogP contribution in [0.3, 0.4) is 0 Å². The number of amides is 6. The first kappa shape index (κ1) is 88.8. The summed E-state index contributed by atoms with van der Waals surface area (Å²) >= 11 is 0. The molecule has 0 radical (unpaired) electrons. The summed E-state index contributed by atoms with van der Waals surface area (Å²) in [6.07, 6.45) is 14.7. The van der Waals surface area contributed by atoms with Gasteiger partial charge in [0.25, 0.3) is 0 Å². The third-order valence-corrected chi connectivity index (χ3v) is 13.5. The van der Waals surface area contributed by atoms with Crippen LogP contribution in [0.5, 0.6) is 0 Å². The van der Waals surface area contributed by atoms with Crippen molar-refractivity contribution in [1.82, 2.24) is 31.9 Å². The first-order valence-electron chi connectivity index (χ1n) is 34.0. The summed E-state index contributed by atoms with van der Waals surface area (Å²) in [5.74, 6) is -3.40. The van der Waals surface area contributed by atoms with E-state index >= 15 is 0 Å². The molecule has 0 aliphatic carbocycles. The standard InChI is InChI=1S/C64H118N6O24/c71-56(68-28-37-86-43-49-89-46-40-83-34-22-62(77)78)16-10-4-1-7-13-25-65-59(74)19-31-92-52-55(53-93-32-20-60(75)66-26-14-8-2-5-11-17-57(72)69-29-38-87-44-50-90-47-41-84-35-23-63(79)80)54-94-33-21-61(76)67-27-15-9-3-6-12-18-58(73)70-30-39-88-45-51-91-48-42-85-36-24-64(81)82/h55H,1-54H2,(H,65,74)(H,66,75)(H,67,76)(H,68,71)(H,69,72)(H,70,73)(H,77,78)(H,79,80)(H,81,82). The number of carbonyl (C=O) groups excluding carboxylic acids is 6. The molecule has 94 heavy (non-hydrogen) atoms. The average Bonchev–Trinajstić information content (AvgIpc) is 3.62. The highest BCUT2D eigenvalue weighted by Gasteiger charge is 2.14. The summed E-state index contributed by atoms with van der Waals surface area (Å²) in [6.45, 7) is 9.93. The van der Waals surface area contributed by atoms with E-state index in [0.717, 1.165) is 96.3 Å². The maximum Gasteiger partial charge on any atom is 0.305 e. The van der Waals surface area contributed by atoms with Gasteiger partial charge in [0.1, 0.15) is 0 Å². The van der Waals surface area contributed by atoms with Gasteiger partial charge in [-0.05, 0) is 38.5 Å². The minimum absolute atomic E-state index is 0.0289. The Kier molecular flexibility index (Phi) is 66.6. The summed E-state index contributed by atoms with van der Waals surface area (Å²) in [4.78, 5) is 106. The molecule has 0 aliphatic rings. The topological polar surface area (TPSA) is 397 Å². The zero-order chi connectivity index (χ0) is 68.7. The molecule has 30 heteroatoms. The molecule has 0 heterocycles. The molecule has 0 aromatic carbocycles. The van der Waals surface area contributed by atoms with E-state index in [9.17, 15) is 43.2 Å². The van der Waals surface area contributed by atoms with Gasteiger partial charge in [-0.3, -0.25) is 43.2 Å². The molecule has 9 N–H and O–H groups in total. The summed E-state index contributed by atoms with van der Waals surface area (Å²) in [5.41, 5.74) is 0. The first-order valence-corrected chi connectivity index (χ1v) is 34.0. The van der Waals surface area contributed by atoms with Gasteiger partial charge in [0.2, 0.25) is 35.4 Å². The fourth-order valence-corrected chi connectivity index (χ4v) is 8.32. The van der Waals surface area contributed by atoms with Crippen molar-refractivity contribution in [3.8, 4) is 0 Å². The van der Waals surface area contributed by atoms with Gasteiger partial charge in [0.05, 0.1) is 178 Å². The molecule has 0 spiro atoms. The zero-order valence-electron chi connectivity index (χ0n) is 56.2. The molecule has 6 amide bonds. The predicted octanol–water partition coefficient (Wildman–Crippen LogP) is 3.12. The molecule has 0 aromatic heterocycles. The number of aliphatic carboxylic acids is 3. The van der Waals surface area contributed by atoms with E-state index < -0.39 is 17.9 Å². The number of carboxylic acid groups (broad SMARTS) is 3. The molecule has 0 rings (SSSR count). The monoisotopic (exact) mass is 1350 g/mol. The van der Waals surface area contributed by atoms with Gasteiger partial charge < -0.3 is 104 Å². The Morgan fingerprint density at radius 2 is 0.394 bits per heavy atom. The molecule has 548 valence electrons. The third-order valence-electron chi connectivity index (χ3n) is 13.5. The van der Waals surface area contributed by atoms with E-state index in [1.54, 1.807) is 0 Å². The van der Waals surface area contributed by atoms with Gasteiger partial charge in [-0.1, -0.05) is 57.8 Å². The lowest BCUT2D eigenvalue weighted by atomic mass is 10.1. The van der Waals surface area contributed by atoms with Crippen LogP contribution in [0.2, 0.25) is 0 Å². The Morgan fingerprint density at radius 1 is 0.202 bits per heavy atom. The van der Waals surface area contributed by atoms with E-state index in [0.29, 0.717) is 158 Å². The second-order valence-corrected chi connectivity index (χ2v) is 21.9. The Morgan fingerprint density at radius 3 is 0.649 bits per heavy atom. The lowest BCUT2D eigenvalue weighted by Crippen LogP contribution is -2.28. The van der Waals surface area contributed by atoms with Gasteiger partial charge in [-0.2, -0.15) is 0 Å². The van der Waals surface area contributed by atoms with E-state index in [1.165, 1.54) is 0 Å². The highest BCUT2D eigenvalue weighted by molar-refractivity contribution is 5.77. The minimum atomic E-state index is -0.907. The smallest absolute Gasteiger partial charge is 0.305 e. The van der Waals surface area contributed by atoms with Crippen molar-refractivity contribution in [3.05, 3.63) is 0 Å². The largest absolute Gasteiger partial charge is 0.481 e. The molecule has 0 atom stereocenters. The number of unbranched alkanes of at least 4 members (excludes halogenated alkanes) is 12. The molecule has 0 saturated carbocycles. The fourth-order valence-electron chi connectivity index (χ4n) is 8.32. The van der Waals surface area contributed by atoms with Crippen LogP contribution in [0.15, 0.2) is 0 Å². The maximum absolute atomic E-state index is 12.6. The van der Waals surface area contributed by atoms with E-state index in [1.807, 2.05) is 0 Å². The minimum Gasteiger partial charge on any atom is -0.481 e. The summed E-state index contributed by atoms with van der Waals surface area (Å²) in [6, 6.07) is 0. The molecule has 0 fully saturated rings. The zero-order valence-corrected chi connectivity index (χ0v) is 56.2. The molecule has 0 bridgehead atoms. The van der Waals surface area contributed by atoms with Crippen LogP contribution in [-0.2, 0) is 100.0 Å². The quantitative estimate of drug-likeness (QED) is 0.0395. The normalized spacial score (nSPS) is 11.2. The van der Waals surface area contributed by atoms with Crippen molar-refractivity contribution in [2.45, 2.75) is 154 Å². The van der Waals surface area contributed by atoms with Gasteiger partial charge >= 0.3 is 17.9 Å². The highest BCUT2D eigenvalue weighted by Crippen LogP contribution is 2.09. The van der Waals surface area contributed by atoms with Crippen molar-refractivity contribution in [2.75, 3.05) is 198 Å². The molecular formula is C64H118N6O24. The second-order valence-electron chi connectivity index (χ2n) is 21.9. The van der Waals surface area contributed by atoms with Gasteiger partial charge in [-0.15, -0.1) is 0 Å². The number of ether oxygens (including phenoxy) is 12. The lowest BCUT2D eigenvalue weighted by molar-refractivity contribution is -0.139. The highest BCUT2D eigenvalue weighted by atomic mass is 16.6. The Bertz CT molecular complexity index is 1680. The van der Waals surface area contributed by atoms with Crippen LogP contribution < -0.4 is 31.9 Å². The Hall–Kier alpha value is -5.25. The SMILES string of the molecule is O=C(O)CCOCCOCCOCCNC(=O)CCCCCCCNC(=O)CCOCC(COCCC(=O)NCCCCCCCC(=O)NCCOCCOCCOCCC(=O)O)COCCC(=O)NCCCCCCCC(=O)NCCOCCOCCOCCC(=O)O. The predicted molar refractivity (Wildman–Crippen MR) is 345 cm³/mol. The molecular weight excluding hydrogens is 1240 g/mol. The number of hydrogen-bond donors (Lipinski definition) is 9. The number of rotatable bonds is 75.